The number of likely N-dealkylation sites (tertiary alicyclic amines) is 1. The van der Waals surface area contributed by atoms with Crippen molar-refractivity contribution in [2.24, 2.45) is 0 Å². The minimum Gasteiger partial charge on any atom is -0.392 e. The van der Waals surface area contributed by atoms with Gasteiger partial charge in [-0.05, 0) is 62.9 Å². The Kier molecular flexibility index (Phi) is 9.08. The summed E-state index contributed by atoms with van der Waals surface area (Å²) in [6.45, 7) is 5.94. The van der Waals surface area contributed by atoms with Crippen LogP contribution in [-0.4, -0.2) is 83.0 Å². The Labute approximate surface area is 194 Å². The molecule has 2 atom stereocenters. The molecule has 1 N–H and O–H groups in total. The Morgan fingerprint density at radius 1 is 1.22 bits per heavy atom. The van der Waals surface area contributed by atoms with Crippen LogP contribution in [0.5, 0.6) is 0 Å². The van der Waals surface area contributed by atoms with E-state index >= 15 is 0 Å². The molecule has 0 saturated carbocycles. The number of aliphatic hydroxyl groups is 1. The maximum absolute atomic E-state index is 13.5. The molecule has 0 aliphatic carbocycles. The smallest absolute Gasteiger partial charge is 0.246 e. The molecule has 2 amide bonds. The molecule has 1 aromatic carbocycles. The van der Waals surface area contributed by atoms with Gasteiger partial charge < -0.3 is 14.9 Å². The minimum absolute atomic E-state index is 0.0441. The number of nitrogens with zero attached hydrogens (tertiary/aromatic N) is 3. The molecule has 0 radical (unpaired) electrons. The number of carbonyl (C=O) groups excluding carboxylic acids is 2. The molecule has 3 rings (SSSR count). The molecule has 0 aromatic heterocycles. The van der Waals surface area contributed by atoms with Crippen LogP contribution in [0.4, 0.5) is 4.39 Å². The second kappa shape index (κ2) is 11.8. The third kappa shape index (κ3) is 7.02. The van der Waals surface area contributed by atoms with Crippen molar-refractivity contribution < 1.29 is 19.1 Å². The van der Waals surface area contributed by atoms with Crippen molar-refractivity contribution in [2.45, 2.75) is 51.2 Å². The highest BCUT2D eigenvalue weighted by Crippen LogP contribution is 2.18. The van der Waals surface area contributed by atoms with Crippen molar-refractivity contribution in [2.75, 3.05) is 39.3 Å². The maximum Gasteiger partial charge on any atom is 0.246 e. The number of piperidine rings is 1. The highest BCUT2D eigenvalue weighted by molar-refractivity contribution is 6.30. The summed E-state index contributed by atoms with van der Waals surface area (Å²) in [5.41, 5.74) is 0.559. The average Bonchev–Trinajstić information content (AvgIpc) is 2.95. The fourth-order valence-electron chi connectivity index (χ4n) is 4.30. The lowest BCUT2D eigenvalue weighted by molar-refractivity contribution is -0.130. The normalized spacial score (nSPS) is 23.1. The van der Waals surface area contributed by atoms with Crippen LogP contribution in [0.25, 0.3) is 6.08 Å². The van der Waals surface area contributed by atoms with Crippen LogP contribution in [-0.2, 0) is 9.59 Å². The Morgan fingerprint density at radius 2 is 2.00 bits per heavy atom. The summed E-state index contributed by atoms with van der Waals surface area (Å²) in [5, 5.41) is 9.91. The lowest BCUT2D eigenvalue weighted by Crippen LogP contribution is -2.44. The minimum atomic E-state index is -0.525. The topological polar surface area (TPSA) is 64.1 Å². The maximum atomic E-state index is 13.5. The molecular formula is C24H33ClFN3O3. The number of β-amino-alcohol motifs (C(OH)–C–C–N with tert-alkyl or cyclic N) is 1. The average molecular weight is 466 g/mol. The van der Waals surface area contributed by atoms with Crippen LogP contribution in [0.15, 0.2) is 24.3 Å². The van der Waals surface area contributed by atoms with Crippen molar-refractivity contribution in [3.8, 4) is 0 Å². The predicted molar refractivity (Wildman–Crippen MR) is 124 cm³/mol. The number of unbranched alkanes of at least 4 members (excludes halogenated alkanes) is 1. The Bertz CT molecular complexity index is 835. The van der Waals surface area contributed by atoms with Gasteiger partial charge in [-0.25, -0.2) is 4.39 Å². The molecule has 2 fully saturated rings. The van der Waals surface area contributed by atoms with E-state index in [1.807, 2.05) is 4.90 Å². The molecule has 2 aliphatic rings. The Morgan fingerprint density at radius 3 is 2.78 bits per heavy atom. The summed E-state index contributed by atoms with van der Waals surface area (Å²) in [6.07, 6.45) is 6.84. The quantitative estimate of drug-likeness (QED) is 0.496. The summed E-state index contributed by atoms with van der Waals surface area (Å²) >= 11 is 5.68. The van der Waals surface area contributed by atoms with Gasteiger partial charge in [0.15, 0.2) is 0 Å². The fourth-order valence-corrected chi connectivity index (χ4v) is 4.42. The standard InChI is InChI=1S/C24H33ClFN3O3/c1-18-4-7-20(30)17-29(18)12-3-2-11-27-14-15-28(13-10-24(27)32)23(31)9-6-19-5-8-21(25)22(26)16-19/h5-6,8-9,16,18,20,30H,2-4,7,10-15,17H2,1H3/b9-6+. The first-order valence-electron chi connectivity index (χ1n) is 11.5. The zero-order valence-corrected chi connectivity index (χ0v) is 19.4. The van der Waals surface area contributed by atoms with E-state index in [2.05, 4.69) is 11.8 Å². The van der Waals surface area contributed by atoms with Crippen LogP contribution >= 0.6 is 11.6 Å². The number of hydrogen-bond acceptors (Lipinski definition) is 4. The molecule has 2 saturated heterocycles. The van der Waals surface area contributed by atoms with E-state index in [-0.39, 0.29) is 22.9 Å². The third-order valence-electron chi connectivity index (χ3n) is 6.37. The van der Waals surface area contributed by atoms with Crippen molar-refractivity contribution in [1.29, 1.82) is 0 Å². The van der Waals surface area contributed by atoms with E-state index in [1.165, 1.54) is 18.2 Å². The molecule has 0 bridgehead atoms. The van der Waals surface area contributed by atoms with E-state index in [0.717, 1.165) is 38.8 Å². The predicted octanol–water partition coefficient (Wildman–Crippen LogP) is 3.18. The van der Waals surface area contributed by atoms with Crippen molar-refractivity contribution in [3.63, 3.8) is 0 Å². The molecule has 2 unspecified atom stereocenters. The summed E-state index contributed by atoms with van der Waals surface area (Å²) in [5.74, 6) is -0.637. The number of hydrogen-bond donors (Lipinski definition) is 1. The van der Waals surface area contributed by atoms with Gasteiger partial charge in [-0.1, -0.05) is 17.7 Å². The van der Waals surface area contributed by atoms with E-state index in [4.69, 9.17) is 11.6 Å². The monoisotopic (exact) mass is 465 g/mol. The first-order chi connectivity index (χ1) is 15.3. The largest absolute Gasteiger partial charge is 0.392 e. The van der Waals surface area contributed by atoms with Gasteiger partial charge in [0.05, 0.1) is 11.1 Å². The highest BCUT2D eigenvalue weighted by atomic mass is 35.5. The zero-order valence-electron chi connectivity index (χ0n) is 18.7. The van der Waals surface area contributed by atoms with Crippen LogP contribution in [0.2, 0.25) is 5.02 Å². The first kappa shape index (κ1) is 24.7. The lowest BCUT2D eigenvalue weighted by atomic mass is 10.0. The fraction of sp³-hybridized carbons (Fsp3) is 0.583. The number of halogens is 2. The molecule has 176 valence electrons. The van der Waals surface area contributed by atoms with E-state index in [9.17, 15) is 19.1 Å². The Hall–Kier alpha value is -1.96. The summed E-state index contributed by atoms with van der Waals surface area (Å²) in [7, 11) is 0. The third-order valence-corrected chi connectivity index (χ3v) is 6.68. The number of amides is 2. The van der Waals surface area contributed by atoms with E-state index in [1.54, 1.807) is 17.0 Å². The molecule has 0 spiro atoms. The SMILES string of the molecule is CC1CCC(O)CN1CCCCN1CCN(C(=O)/C=C/c2ccc(Cl)c(F)c2)CCC1=O. The van der Waals surface area contributed by atoms with Crippen molar-refractivity contribution in [3.05, 3.63) is 40.7 Å². The Balaban J connectivity index is 1.43. The van der Waals surface area contributed by atoms with Crippen molar-refractivity contribution in [1.82, 2.24) is 14.7 Å². The zero-order chi connectivity index (χ0) is 23.1. The van der Waals surface area contributed by atoms with E-state index < -0.39 is 5.82 Å². The molecule has 8 heteroatoms. The van der Waals surface area contributed by atoms with Gasteiger partial charge in [0.1, 0.15) is 5.82 Å². The molecular weight excluding hydrogens is 433 g/mol. The second-order valence-electron chi connectivity index (χ2n) is 8.75. The van der Waals surface area contributed by atoms with Crippen LogP contribution in [0.3, 0.4) is 0 Å². The molecule has 2 heterocycles. The van der Waals surface area contributed by atoms with Gasteiger partial charge in [-0.2, -0.15) is 0 Å². The highest BCUT2D eigenvalue weighted by Gasteiger charge is 2.24. The number of aliphatic hydroxyl groups excluding tert-OH is 1. The van der Waals surface area contributed by atoms with Gasteiger partial charge >= 0.3 is 0 Å². The van der Waals surface area contributed by atoms with Crippen LogP contribution in [0, 0.1) is 5.82 Å². The first-order valence-corrected chi connectivity index (χ1v) is 11.8. The molecule has 2 aliphatic heterocycles. The molecule has 32 heavy (non-hydrogen) atoms. The molecule has 6 nitrogen and oxygen atoms in total. The summed E-state index contributed by atoms with van der Waals surface area (Å²) < 4.78 is 13.5. The van der Waals surface area contributed by atoms with Crippen molar-refractivity contribution >= 4 is 29.5 Å². The molecule has 1 aromatic rings. The van der Waals surface area contributed by atoms with Gasteiger partial charge in [-0.15, -0.1) is 0 Å². The number of benzene rings is 1. The second-order valence-corrected chi connectivity index (χ2v) is 9.15. The lowest BCUT2D eigenvalue weighted by Gasteiger charge is -2.36. The number of carbonyl (C=O) groups is 2. The van der Waals surface area contributed by atoms with Gasteiger partial charge in [0.25, 0.3) is 0 Å². The van der Waals surface area contributed by atoms with Crippen LogP contribution in [0.1, 0.15) is 44.6 Å². The number of rotatable bonds is 7. The van der Waals surface area contributed by atoms with Crippen LogP contribution < -0.4 is 0 Å². The van der Waals surface area contributed by atoms with Gasteiger partial charge in [0, 0.05) is 51.3 Å². The van der Waals surface area contributed by atoms with E-state index in [0.29, 0.717) is 44.2 Å². The van der Waals surface area contributed by atoms with Gasteiger partial charge in [0.2, 0.25) is 11.8 Å². The summed E-state index contributed by atoms with van der Waals surface area (Å²) in [6, 6.07) is 4.88. The summed E-state index contributed by atoms with van der Waals surface area (Å²) in [4.78, 5) is 30.9. The van der Waals surface area contributed by atoms with Gasteiger partial charge in [-0.3, -0.25) is 14.5 Å².